The molecule has 82 valence electrons. The number of halogens is 2. The van der Waals surface area contributed by atoms with E-state index in [2.05, 4.69) is 33.9 Å². The van der Waals surface area contributed by atoms with Gasteiger partial charge in [0, 0.05) is 23.1 Å². The van der Waals surface area contributed by atoms with E-state index in [1.54, 1.807) is 0 Å². The lowest BCUT2D eigenvalue weighted by Gasteiger charge is -2.23. The van der Waals surface area contributed by atoms with Crippen molar-refractivity contribution in [1.82, 2.24) is 4.90 Å². The van der Waals surface area contributed by atoms with Crippen molar-refractivity contribution in [3.05, 3.63) is 33.3 Å². The summed E-state index contributed by atoms with van der Waals surface area (Å²) in [6.07, 6.45) is 1.05. The number of nitrogens with two attached hydrogens (primary N) is 1. The van der Waals surface area contributed by atoms with Gasteiger partial charge in [-0.05, 0) is 47.1 Å². The predicted molar refractivity (Wildman–Crippen MR) is 67.1 cm³/mol. The van der Waals surface area contributed by atoms with Gasteiger partial charge in [-0.15, -0.1) is 0 Å². The lowest BCUT2D eigenvalue weighted by molar-refractivity contribution is 0.304. The predicted octanol–water partition coefficient (Wildman–Crippen LogP) is 2.81. The van der Waals surface area contributed by atoms with Gasteiger partial charge in [-0.1, -0.05) is 17.7 Å². The summed E-state index contributed by atoms with van der Waals surface area (Å²) < 4.78 is 0.933. The highest BCUT2D eigenvalue weighted by Crippen LogP contribution is 2.33. The van der Waals surface area contributed by atoms with E-state index in [-0.39, 0.29) is 6.04 Å². The lowest BCUT2D eigenvalue weighted by Crippen LogP contribution is -2.29. The van der Waals surface area contributed by atoms with Gasteiger partial charge in [-0.25, -0.2) is 0 Å². The highest BCUT2D eigenvalue weighted by atomic mass is 79.9. The summed E-state index contributed by atoms with van der Waals surface area (Å²) in [4.78, 5) is 2.28. The number of rotatable bonds is 1. The van der Waals surface area contributed by atoms with E-state index in [1.807, 2.05) is 12.1 Å². The van der Waals surface area contributed by atoms with E-state index >= 15 is 0 Å². The smallest absolute Gasteiger partial charge is 0.0551 e. The minimum absolute atomic E-state index is 0.215. The quantitative estimate of drug-likeness (QED) is 0.861. The van der Waals surface area contributed by atoms with Crippen molar-refractivity contribution in [2.75, 3.05) is 13.6 Å². The van der Waals surface area contributed by atoms with Crippen LogP contribution in [0.25, 0.3) is 0 Å². The van der Waals surface area contributed by atoms with Gasteiger partial charge in [0.2, 0.25) is 0 Å². The molecule has 2 unspecified atom stereocenters. The second-order valence-electron chi connectivity index (χ2n) is 4.05. The van der Waals surface area contributed by atoms with E-state index in [0.29, 0.717) is 6.04 Å². The standard InChI is InChI=1S/C11H14BrClN2/c1-15-5-4-10(14)11(15)7-2-3-8(12)9(13)6-7/h2-3,6,10-11H,4-5,14H2,1H3. The summed E-state index contributed by atoms with van der Waals surface area (Å²) in [7, 11) is 2.10. The van der Waals surface area contributed by atoms with Crippen LogP contribution in [0.1, 0.15) is 18.0 Å². The Hall–Kier alpha value is -0.0900. The molecular weight excluding hydrogens is 275 g/mol. The molecule has 1 aromatic rings. The minimum Gasteiger partial charge on any atom is -0.326 e. The zero-order chi connectivity index (χ0) is 11.0. The molecule has 0 spiro atoms. The van der Waals surface area contributed by atoms with Gasteiger partial charge in [0.05, 0.1) is 5.02 Å². The van der Waals surface area contributed by atoms with Crippen molar-refractivity contribution >= 4 is 27.5 Å². The normalized spacial score (nSPS) is 27.2. The van der Waals surface area contributed by atoms with Crippen LogP contribution >= 0.6 is 27.5 Å². The van der Waals surface area contributed by atoms with E-state index in [4.69, 9.17) is 17.3 Å². The Balaban J connectivity index is 2.32. The Kier molecular flexibility index (Phi) is 3.36. The van der Waals surface area contributed by atoms with Crippen LogP contribution in [-0.2, 0) is 0 Å². The molecule has 1 aliphatic rings. The Morgan fingerprint density at radius 2 is 2.27 bits per heavy atom. The molecule has 1 aliphatic heterocycles. The molecule has 2 N–H and O–H groups in total. The van der Waals surface area contributed by atoms with Crippen LogP contribution < -0.4 is 5.73 Å². The second-order valence-corrected chi connectivity index (χ2v) is 5.31. The average Bonchev–Trinajstić information content (AvgIpc) is 2.52. The van der Waals surface area contributed by atoms with Gasteiger partial charge in [-0.2, -0.15) is 0 Å². The van der Waals surface area contributed by atoms with Crippen LogP contribution in [0.5, 0.6) is 0 Å². The van der Waals surface area contributed by atoms with Gasteiger partial charge in [-0.3, -0.25) is 4.90 Å². The maximum Gasteiger partial charge on any atom is 0.0551 e. The van der Waals surface area contributed by atoms with E-state index in [9.17, 15) is 0 Å². The molecule has 2 atom stereocenters. The molecule has 0 amide bonds. The van der Waals surface area contributed by atoms with Crippen molar-refractivity contribution in [2.45, 2.75) is 18.5 Å². The largest absolute Gasteiger partial charge is 0.326 e. The van der Waals surface area contributed by atoms with Crippen LogP contribution in [0.3, 0.4) is 0 Å². The summed E-state index contributed by atoms with van der Waals surface area (Å²) in [5.41, 5.74) is 7.30. The third kappa shape index (κ3) is 2.21. The number of benzene rings is 1. The maximum atomic E-state index is 6.09. The monoisotopic (exact) mass is 288 g/mol. The molecule has 2 nitrogen and oxygen atoms in total. The van der Waals surface area contributed by atoms with Crippen molar-refractivity contribution in [3.8, 4) is 0 Å². The number of hydrogen-bond donors (Lipinski definition) is 1. The molecule has 15 heavy (non-hydrogen) atoms. The van der Waals surface area contributed by atoms with Crippen molar-refractivity contribution in [1.29, 1.82) is 0 Å². The van der Waals surface area contributed by atoms with Gasteiger partial charge in [0.25, 0.3) is 0 Å². The molecule has 1 fully saturated rings. The summed E-state index contributed by atoms with van der Waals surface area (Å²) >= 11 is 9.47. The molecule has 1 heterocycles. The Morgan fingerprint density at radius 1 is 1.53 bits per heavy atom. The van der Waals surface area contributed by atoms with Gasteiger partial charge < -0.3 is 5.73 Å². The SMILES string of the molecule is CN1CCC(N)C1c1ccc(Br)c(Cl)c1. The first-order valence-corrected chi connectivity index (χ1v) is 6.17. The van der Waals surface area contributed by atoms with E-state index < -0.39 is 0 Å². The van der Waals surface area contributed by atoms with Crippen LogP contribution in [0, 0.1) is 0 Å². The first kappa shape index (κ1) is 11.4. The number of likely N-dealkylation sites (N-methyl/N-ethyl adjacent to an activating group) is 1. The number of hydrogen-bond acceptors (Lipinski definition) is 2. The summed E-state index contributed by atoms with van der Waals surface area (Å²) in [6, 6.07) is 6.58. The van der Waals surface area contributed by atoms with Gasteiger partial charge in [0.15, 0.2) is 0 Å². The third-order valence-corrected chi connectivity index (χ3v) is 4.21. The summed E-state index contributed by atoms with van der Waals surface area (Å²) in [5.74, 6) is 0. The molecule has 0 aliphatic carbocycles. The average molecular weight is 290 g/mol. The van der Waals surface area contributed by atoms with Crippen LogP contribution in [0.4, 0.5) is 0 Å². The fraction of sp³-hybridized carbons (Fsp3) is 0.455. The molecule has 4 heteroatoms. The second kappa shape index (κ2) is 4.42. The molecule has 1 saturated heterocycles. The summed E-state index contributed by atoms with van der Waals surface area (Å²) in [6.45, 7) is 1.06. The maximum absolute atomic E-state index is 6.09. The highest BCUT2D eigenvalue weighted by molar-refractivity contribution is 9.10. The summed E-state index contributed by atoms with van der Waals surface area (Å²) in [5, 5.41) is 0.750. The zero-order valence-electron chi connectivity index (χ0n) is 8.58. The van der Waals surface area contributed by atoms with Crippen molar-refractivity contribution in [2.24, 2.45) is 5.73 Å². The molecule has 0 aromatic heterocycles. The molecule has 0 radical (unpaired) electrons. The molecule has 2 rings (SSSR count). The van der Waals surface area contributed by atoms with Crippen molar-refractivity contribution < 1.29 is 0 Å². The Morgan fingerprint density at radius 3 is 2.80 bits per heavy atom. The number of nitrogens with zero attached hydrogens (tertiary/aromatic N) is 1. The molecule has 1 aromatic carbocycles. The lowest BCUT2D eigenvalue weighted by atomic mass is 10.0. The fourth-order valence-electron chi connectivity index (χ4n) is 2.17. The van der Waals surface area contributed by atoms with Gasteiger partial charge >= 0.3 is 0 Å². The number of likely N-dealkylation sites (tertiary alicyclic amines) is 1. The van der Waals surface area contributed by atoms with E-state index in [0.717, 1.165) is 22.5 Å². The highest BCUT2D eigenvalue weighted by Gasteiger charge is 2.30. The molecule has 0 bridgehead atoms. The fourth-order valence-corrected chi connectivity index (χ4v) is 2.61. The third-order valence-electron chi connectivity index (χ3n) is 2.98. The molecule has 0 saturated carbocycles. The van der Waals surface area contributed by atoms with Gasteiger partial charge in [0.1, 0.15) is 0 Å². The topological polar surface area (TPSA) is 29.3 Å². The Bertz CT molecular complexity index is 360. The van der Waals surface area contributed by atoms with Crippen molar-refractivity contribution in [3.63, 3.8) is 0 Å². The first-order valence-electron chi connectivity index (χ1n) is 5.00. The van der Waals surface area contributed by atoms with Crippen LogP contribution in [0.15, 0.2) is 22.7 Å². The first-order chi connectivity index (χ1) is 7.09. The van der Waals surface area contributed by atoms with Crippen LogP contribution in [-0.4, -0.2) is 24.5 Å². The minimum atomic E-state index is 0.215. The Labute approximate surface area is 104 Å². The molecular formula is C11H14BrClN2. The van der Waals surface area contributed by atoms with Crippen LogP contribution in [0.2, 0.25) is 5.02 Å². The van der Waals surface area contributed by atoms with E-state index in [1.165, 1.54) is 5.56 Å². The zero-order valence-corrected chi connectivity index (χ0v) is 10.9.